The Balaban J connectivity index is 1.44. The second kappa shape index (κ2) is 6.05. The zero-order valence-corrected chi connectivity index (χ0v) is 14.2. The van der Waals surface area contributed by atoms with E-state index in [1.807, 2.05) is 22.9 Å². The summed E-state index contributed by atoms with van der Waals surface area (Å²) in [6.45, 7) is 0.639. The number of thiophene rings is 1. The van der Waals surface area contributed by atoms with Crippen LogP contribution in [0, 0.1) is 0 Å². The highest BCUT2D eigenvalue weighted by molar-refractivity contribution is 7.14. The minimum absolute atomic E-state index is 0.0459. The van der Waals surface area contributed by atoms with E-state index < -0.39 is 6.04 Å². The Kier molecular flexibility index (Phi) is 3.90. The second-order valence-corrected chi connectivity index (χ2v) is 7.78. The van der Waals surface area contributed by atoms with E-state index in [0.29, 0.717) is 28.9 Å². The molecule has 3 heterocycles. The molecule has 2 aromatic heterocycles. The summed E-state index contributed by atoms with van der Waals surface area (Å²) in [6, 6.07) is 3.28. The number of nitrogens with one attached hydrogen (secondary N) is 1. The predicted molar refractivity (Wildman–Crippen MR) is 91.1 cm³/mol. The van der Waals surface area contributed by atoms with Crippen molar-refractivity contribution in [2.45, 2.75) is 37.6 Å². The predicted octanol–water partition coefficient (Wildman–Crippen LogP) is 3.33. The van der Waals surface area contributed by atoms with Crippen LogP contribution in [0.3, 0.4) is 0 Å². The molecule has 1 N–H and O–H groups in total. The topological polar surface area (TPSA) is 62.3 Å². The highest BCUT2D eigenvalue weighted by Crippen LogP contribution is 2.41. The largest absolute Gasteiger partial charge is 0.326 e. The van der Waals surface area contributed by atoms with Crippen molar-refractivity contribution < 1.29 is 9.59 Å². The van der Waals surface area contributed by atoms with E-state index in [4.69, 9.17) is 0 Å². The smallest absolute Gasteiger partial charge is 0.264 e. The number of aromatic nitrogens is 1. The third-order valence-electron chi connectivity index (χ3n) is 4.30. The molecule has 4 rings (SSSR count). The summed E-state index contributed by atoms with van der Waals surface area (Å²) in [5.41, 5.74) is 1.09. The minimum atomic E-state index is -0.391. The standard InChI is InChI=1S/C16H17N3O2S2/c20-14(18-16-17-11(9-23-16)10-5-6-10)12-3-1-7-19(12)15(21)13-4-2-8-22-13/h2,4,8-10,12H,1,3,5-7H2,(H,17,18,20)/t12-/m1/s1. The Bertz CT molecular complexity index is 722. The van der Waals surface area contributed by atoms with Crippen molar-refractivity contribution in [3.63, 3.8) is 0 Å². The van der Waals surface area contributed by atoms with Crippen molar-refractivity contribution in [3.05, 3.63) is 33.5 Å². The Morgan fingerprint density at radius 2 is 2.13 bits per heavy atom. The first-order valence-electron chi connectivity index (χ1n) is 7.83. The SMILES string of the molecule is O=C(Nc1nc(C2CC2)cs1)[C@H]1CCCN1C(=O)c1cccs1. The average molecular weight is 347 g/mol. The summed E-state index contributed by atoms with van der Waals surface area (Å²) in [5, 5.41) is 7.45. The number of carbonyl (C=O) groups excluding carboxylic acids is 2. The van der Waals surface area contributed by atoms with Gasteiger partial charge >= 0.3 is 0 Å². The quantitative estimate of drug-likeness (QED) is 0.923. The van der Waals surface area contributed by atoms with Crippen molar-refractivity contribution in [2.24, 2.45) is 0 Å². The lowest BCUT2D eigenvalue weighted by molar-refractivity contribution is -0.119. The normalized spacial score (nSPS) is 20.7. The van der Waals surface area contributed by atoms with Gasteiger partial charge in [0.2, 0.25) is 5.91 Å². The molecule has 2 amide bonds. The molecule has 1 aliphatic carbocycles. The highest BCUT2D eigenvalue weighted by Gasteiger charge is 2.35. The molecule has 1 saturated carbocycles. The number of rotatable bonds is 4. The first kappa shape index (κ1) is 14.8. The monoisotopic (exact) mass is 347 g/mol. The molecule has 7 heteroatoms. The number of likely N-dealkylation sites (tertiary alicyclic amines) is 1. The van der Waals surface area contributed by atoms with Gasteiger partial charge in [-0.1, -0.05) is 6.07 Å². The molecule has 2 aromatic rings. The van der Waals surface area contributed by atoms with Gasteiger partial charge in [-0.2, -0.15) is 0 Å². The molecule has 0 aromatic carbocycles. The number of hydrogen-bond donors (Lipinski definition) is 1. The zero-order chi connectivity index (χ0) is 15.8. The van der Waals surface area contributed by atoms with Gasteiger partial charge in [0.1, 0.15) is 6.04 Å². The van der Waals surface area contributed by atoms with Crippen LogP contribution >= 0.6 is 22.7 Å². The fraction of sp³-hybridized carbons (Fsp3) is 0.438. The third-order valence-corrected chi connectivity index (χ3v) is 5.93. The molecular formula is C16H17N3O2S2. The number of hydrogen-bond acceptors (Lipinski definition) is 5. The first-order chi connectivity index (χ1) is 11.2. The van der Waals surface area contributed by atoms with Crippen LogP contribution in [0.5, 0.6) is 0 Å². The number of anilines is 1. The molecule has 120 valence electrons. The van der Waals surface area contributed by atoms with Crippen molar-refractivity contribution in [2.75, 3.05) is 11.9 Å². The summed E-state index contributed by atoms with van der Waals surface area (Å²) in [4.78, 5) is 31.9. The van der Waals surface area contributed by atoms with E-state index in [1.54, 1.807) is 4.90 Å². The van der Waals surface area contributed by atoms with Gasteiger partial charge in [0.25, 0.3) is 5.91 Å². The molecule has 0 unspecified atom stereocenters. The molecule has 2 aliphatic rings. The maximum atomic E-state index is 12.6. The van der Waals surface area contributed by atoms with Gasteiger partial charge in [-0.3, -0.25) is 9.59 Å². The summed E-state index contributed by atoms with van der Waals surface area (Å²) >= 11 is 2.88. The Labute approximate surface area is 142 Å². The molecule has 0 bridgehead atoms. The maximum absolute atomic E-state index is 12.6. The molecule has 1 saturated heterocycles. The van der Waals surface area contributed by atoms with Crippen LogP contribution in [0.2, 0.25) is 0 Å². The lowest BCUT2D eigenvalue weighted by atomic mass is 10.2. The number of carbonyl (C=O) groups is 2. The van der Waals surface area contributed by atoms with Gasteiger partial charge in [-0.15, -0.1) is 22.7 Å². The fourth-order valence-electron chi connectivity index (χ4n) is 2.92. The second-order valence-electron chi connectivity index (χ2n) is 5.97. The van der Waals surface area contributed by atoms with Crippen molar-refractivity contribution in [3.8, 4) is 0 Å². The lowest BCUT2D eigenvalue weighted by Crippen LogP contribution is -2.42. The van der Waals surface area contributed by atoms with Crippen molar-refractivity contribution in [1.29, 1.82) is 0 Å². The van der Waals surface area contributed by atoms with E-state index in [-0.39, 0.29) is 11.8 Å². The highest BCUT2D eigenvalue weighted by atomic mass is 32.1. The molecule has 5 nitrogen and oxygen atoms in total. The van der Waals surface area contributed by atoms with Crippen LogP contribution in [-0.4, -0.2) is 34.3 Å². The van der Waals surface area contributed by atoms with Gasteiger partial charge < -0.3 is 10.2 Å². The fourth-order valence-corrected chi connectivity index (χ4v) is 4.40. The van der Waals surface area contributed by atoms with Crippen LogP contribution in [-0.2, 0) is 4.79 Å². The summed E-state index contributed by atoms with van der Waals surface area (Å²) in [7, 11) is 0. The lowest BCUT2D eigenvalue weighted by Gasteiger charge is -2.22. The van der Waals surface area contributed by atoms with Crippen molar-refractivity contribution >= 4 is 39.6 Å². The van der Waals surface area contributed by atoms with Crippen molar-refractivity contribution in [1.82, 2.24) is 9.88 Å². The van der Waals surface area contributed by atoms with E-state index in [2.05, 4.69) is 10.3 Å². The van der Waals surface area contributed by atoms with Gasteiger partial charge in [-0.25, -0.2) is 4.98 Å². The molecule has 23 heavy (non-hydrogen) atoms. The molecule has 1 aliphatic heterocycles. The first-order valence-corrected chi connectivity index (χ1v) is 9.59. The van der Waals surface area contributed by atoms with Gasteiger partial charge in [0.15, 0.2) is 5.13 Å². The Morgan fingerprint density at radius 1 is 1.26 bits per heavy atom. The van der Waals surface area contributed by atoms with Crippen LogP contribution in [0.15, 0.2) is 22.9 Å². The van der Waals surface area contributed by atoms with Gasteiger partial charge in [0, 0.05) is 17.8 Å². The van der Waals surface area contributed by atoms with Crippen LogP contribution in [0.4, 0.5) is 5.13 Å². The van der Waals surface area contributed by atoms with E-state index in [9.17, 15) is 9.59 Å². The van der Waals surface area contributed by atoms with Gasteiger partial charge in [0.05, 0.1) is 10.6 Å². The zero-order valence-electron chi connectivity index (χ0n) is 12.5. The van der Waals surface area contributed by atoms with Gasteiger partial charge in [-0.05, 0) is 37.1 Å². The number of amides is 2. The maximum Gasteiger partial charge on any atom is 0.264 e. The number of nitrogens with zero attached hydrogens (tertiary/aromatic N) is 2. The van der Waals surface area contributed by atoms with Crippen LogP contribution in [0.25, 0.3) is 0 Å². The molecule has 0 radical (unpaired) electrons. The Hall–Kier alpha value is -1.73. The number of thiazole rings is 1. The third kappa shape index (κ3) is 3.03. The van der Waals surface area contributed by atoms with E-state index >= 15 is 0 Å². The molecule has 1 atom stereocenters. The molecule has 0 spiro atoms. The minimum Gasteiger partial charge on any atom is -0.326 e. The van der Waals surface area contributed by atoms with E-state index in [1.165, 1.54) is 35.5 Å². The molecular weight excluding hydrogens is 330 g/mol. The van der Waals surface area contributed by atoms with Crippen LogP contribution < -0.4 is 5.32 Å². The summed E-state index contributed by atoms with van der Waals surface area (Å²) < 4.78 is 0. The van der Waals surface area contributed by atoms with Crippen LogP contribution in [0.1, 0.15) is 47.0 Å². The van der Waals surface area contributed by atoms with E-state index in [0.717, 1.165) is 12.1 Å². The Morgan fingerprint density at radius 3 is 2.87 bits per heavy atom. The average Bonchev–Trinajstić information content (AvgIpc) is 3.03. The summed E-state index contributed by atoms with van der Waals surface area (Å²) in [5.74, 6) is 0.417. The summed E-state index contributed by atoms with van der Waals surface area (Å²) in [6.07, 6.45) is 3.97. The molecule has 2 fully saturated rings.